The van der Waals surface area contributed by atoms with Crippen LogP contribution in [0.25, 0.3) is 0 Å². The number of esters is 1. The van der Waals surface area contributed by atoms with E-state index in [0.29, 0.717) is 21.4 Å². The van der Waals surface area contributed by atoms with Crippen LogP contribution in [0.15, 0.2) is 12.7 Å². The van der Waals surface area contributed by atoms with Crippen LogP contribution in [0, 0.1) is 0 Å². The van der Waals surface area contributed by atoms with Gasteiger partial charge in [-0.2, -0.15) is 0 Å². The Hall–Kier alpha value is -0.271. The maximum atomic E-state index is 11.4. The number of rotatable bonds is 5. The van der Waals surface area contributed by atoms with Gasteiger partial charge in [-0.15, -0.1) is 0 Å². The van der Waals surface area contributed by atoms with Gasteiger partial charge in [-0.1, -0.05) is 0 Å². The van der Waals surface area contributed by atoms with Gasteiger partial charge in [0, 0.05) is 0 Å². The molecule has 0 bridgehead atoms. The zero-order valence-electron chi connectivity index (χ0n) is 7.92. The predicted molar refractivity (Wildman–Crippen MR) is 51.4 cm³/mol. The van der Waals surface area contributed by atoms with Gasteiger partial charge in [-0.25, -0.2) is 0 Å². The molecule has 1 atom stereocenters. The summed E-state index contributed by atoms with van der Waals surface area (Å²) in [5.74, 6) is -0.107. The van der Waals surface area contributed by atoms with Crippen LogP contribution in [0.4, 0.5) is 0 Å². The molecule has 0 radical (unpaired) electrons. The molecule has 0 N–H and O–H groups in total. The molecule has 0 saturated heterocycles. The van der Waals surface area contributed by atoms with Gasteiger partial charge in [0.2, 0.25) is 0 Å². The number of hydrogen-bond acceptors (Lipinski definition) is 2. The molecule has 1 unspecified atom stereocenters. The van der Waals surface area contributed by atoms with Gasteiger partial charge in [0.15, 0.2) is 0 Å². The van der Waals surface area contributed by atoms with Crippen LogP contribution in [-0.4, -0.2) is 28.0 Å². The number of methoxy groups -OCH3 is 1. The van der Waals surface area contributed by atoms with Crippen LogP contribution in [-0.2, 0) is 9.53 Å². The Morgan fingerprint density at radius 3 is 2.67 bits per heavy atom. The summed E-state index contributed by atoms with van der Waals surface area (Å²) >= 11 is 0.300. The minimum atomic E-state index is -0.307. The Morgan fingerprint density at radius 1 is 1.75 bits per heavy atom. The molecule has 2 nitrogen and oxygen atoms in total. The minimum absolute atomic E-state index is 0.107. The van der Waals surface area contributed by atoms with Crippen molar-refractivity contribution in [2.75, 3.05) is 7.11 Å². The number of hydrogen-bond donors (Lipinski definition) is 0. The van der Waals surface area contributed by atoms with Crippen molar-refractivity contribution in [3.05, 3.63) is 12.7 Å². The summed E-state index contributed by atoms with van der Waals surface area (Å²) in [6, 6.07) is 0. The molecule has 0 aromatic carbocycles. The molecule has 0 spiro atoms. The van der Waals surface area contributed by atoms with E-state index >= 15 is 0 Å². The van der Waals surface area contributed by atoms with Crippen LogP contribution >= 0.6 is 0 Å². The fourth-order valence-electron chi connectivity index (χ4n) is 1.01. The van der Waals surface area contributed by atoms with Crippen molar-refractivity contribution in [3.63, 3.8) is 0 Å². The molecule has 0 aromatic rings. The van der Waals surface area contributed by atoms with E-state index in [1.54, 1.807) is 6.08 Å². The third-order valence-corrected chi connectivity index (χ3v) is 4.26. The number of allylic oxidation sites excluding steroid dienone is 1. The molecule has 70 valence electrons. The predicted octanol–water partition coefficient (Wildman–Crippen LogP) is 2.06. The number of carbonyl (C=O) groups excluding carboxylic acids is 1. The van der Waals surface area contributed by atoms with Gasteiger partial charge in [0.05, 0.1) is 0 Å². The standard InChI is InChI=1S/C9H16O2Se/c1-5-7-9(3,12-6-2)8(10)11-4/h5H,1,6-7H2,2-4H3. The Kier molecular flexibility index (Phi) is 5.27. The van der Waals surface area contributed by atoms with Gasteiger partial charge >= 0.3 is 80.1 Å². The molecule has 0 aliphatic rings. The molecule has 0 saturated carbocycles. The second kappa shape index (κ2) is 5.39. The van der Waals surface area contributed by atoms with Gasteiger partial charge in [-0.3, -0.25) is 0 Å². The third kappa shape index (κ3) is 3.00. The topological polar surface area (TPSA) is 26.3 Å². The molecule has 0 aliphatic carbocycles. The molecule has 0 amide bonds. The summed E-state index contributed by atoms with van der Waals surface area (Å²) in [5.41, 5.74) is 0. The summed E-state index contributed by atoms with van der Waals surface area (Å²) < 4.78 is 4.44. The second-order valence-electron chi connectivity index (χ2n) is 2.65. The Labute approximate surface area is 80.5 Å². The van der Waals surface area contributed by atoms with E-state index in [0.717, 1.165) is 5.32 Å². The quantitative estimate of drug-likeness (QED) is 0.414. The van der Waals surface area contributed by atoms with Crippen LogP contribution in [0.1, 0.15) is 20.3 Å². The van der Waals surface area contributed by atoms with Crippen molar-refractivity contribution < 1.29 is 9.53 Å². The summed E-state index contributed by atoms with van der Waals surface area (Å²) in [4.78, 5) is 11.4. The van der Waals surface area contributed by atoms with Crippen molar-refractivity contribution >= 4 is 20.9 Å². The van der Waals surface area contributed by atoms with E-state index in [2.05, 4.69) is 13.5 Å². The Balaban J connectivity index is 4.36. The SMILES string of the molecule is C=CCC(C)([Se]CC)C(=O)OC. The zero-order chi connectivity index (χ0) is 9.61. The van der Waals surface area contributed by atoms with Crippen molar-refractivity contribution in [2.45, 2.75) is 29.9 Å². The molecule has 0 aliphatic heterocycles. The van der Waals surface area contributed by atoms with E-state index in [9.17, 15) is 4.79 Å². The zero-order valence-corrected chi connectivity index (χ0v) is 9.64. The van der Waals surface area contributed by atoms with Crippen LogP contribution < -0.4 is 0 Å². The van der Waals surface area contributed by atoms with Crippen molar-refractivity contribution in [1.82, 2.24) is 0 Å². The Morgan fingerprint density at radius 2 is 2.33 bits per heavy atom. The van der Waals surface area contributed by atoms with E-state index in [1.807, 2.05) is 6.92 Å². The van der Waals surface area contributed by atoms with Crippen molar-refractivity contribution in [2.24, 2.45) is 0 Å². The van der Waals surface area contributed by atoms with E-state index in [4.69, 9.17) is 4.74 Å². The second-order valence-corrected chi connectivity index (χ2v) is 6.36. The Bertz CT molecular complexity index is 168. The number of carbonyl (C=O) groups is 1. The molecule has 3 heteroatoms. The summed E-state index contributed by atoms with van der Waals surface area (Å²) in [7, 11) is 1.44. The van der Waals surface area contributed by atoms with E-state index in [1.165, 1.54) is 7.11 Å². The normalized spacial score (nSPS) is 14.9. The fourth-order valence-corrected chi connectivity index (χ4v) is 3.26. The molecular weight excluding hydrogens is 219 g/mol. The van der Waals surface area contributed by atoms with Gasteiger partial charge in [-0.05, 0) is 0 Å². The molecule has 0 rings (SSSR count). The first-order chi connectivity index (χ1) is 5.60. The summed E-state index contributed by atoms with van der Waals surface area (Å²) in [6.07, 6.45) is 2.50. The molecule has 12 heavy (non-hydrogen) atoms. The number of ether oxygens (including phenoxy) is 1. The van der Waals surface area contributed by atoms with Gasteiger partial charge < -0.3 is 0 Å². The van der Waals surface area contributed by atoms with Crippen LogP contribution in [0.5, 0.6) is 0 Å². The first-order valence-electron chi connectivity index (χ1n) is 3.94. The first kappa shape index (κ1) is 11.7. The first-order valence-corrected chi connectivity index (χ1v) is 6.00. The molecular formula is C9H16O2Se. The van der Waals surface area contributed by atoms with Crippen LogP contribution in [0.3, 0.4) is 0 Å². The van der Waals surface area contributed by atoms with Gasteiger partial charge in [0.1, 0.15) is 0 Å². The van der Waals surface area contributed by atoms with Crippen LogP contribution in [0.2, 0.25) is 9.63 Å². The average molecular weight is 235 g/mol. The average Bonchev–Trinajstić information content (AvgIpc) is 2.04. The van der Waals surface area contributed by atoms with Crippen molar-refractivity contribution in [1.29, 1.82) is 0 Å². The summed E-state index contributed by atoms with van der Waals surface area (Å²) in [6.45, 7) is 7.68. The molecule has 0 fully saturated rings. The molecule has 0 heterocycles. The van der Waals surface area contributed by atoms with Gasteiger partial charge in [0.25, 0.3) is 0 Å². The van der Waals surface area contributed by atoms with E-state index < -0.39 is 0 Å². The molecule has 0 aromatic heterocycles. The van der Waals surface area contributed by atoms with E-state index in [-0.39, 0.29) is 10.3 Å². The summed E-state index contributed by atoms with van der Waals surface area (Å²) in [5, 5.41) is 1.05. The fraction of sp³-hybridized carbons (Fsp3) is 0.667. The third-order valence-electron chi connectivity index (χ3n) is 1.61. The maximum absolute atomic E-state index is 11.4. The van der Waals surface area contributed by atoms with Crippen molar-refractivity contribution in [3.8, 4) is 0 Å². The monoisotopic (exact) mass is 236 g/mol.